The second-order valence-corrected chi connectivity index (χ2v) is 3.58. The highest BCUT2D eigenvalue weighted by atomic mass is 19.4. The third kappa shape index (κ3) is 4.33. The van der Waals surface area contributed by atoms with Crippen LogP contribution in [0.3, 0.4) is 0 Å². The number of aromatic nitrogens is 2. The summed E-state index contributed by atoms with van der Waals surface area (Å²) in [6.07, 6.45) is -3.84. The molecular formula is C9H13F3N4O. The topological polar surface area (TPSA) is 72.9 Å². The van der Waals surface area contributed by atoms with Gasteiger partial charge in [0.1, 0.15) is 0 Å². The molecule has 0 unspecified atom stereocenters. The Balaban J connectivity index is 2.38. The molecule has 0 aliphatic heterocycles. The number of alkyl halides is 3. The minimum atomic E-state index is -4.20. The monoisotopic (exact) mass is 250 g/mol. The standard InChI is InChI=1S/C9H13F3N4O/c1-16-5-6(13)7(15-16)8(17)14-4-2-3-9(10,11)12/h5H,2-4,13H2,1H3,(H,14,17). The van der Waals surface area contributed by atoms with E-state index in [1.165, 1.54) is 10.9 Å². The maximum Gasteiger partial charge on any atom is 0.389 e. The van der Waals surface area contributed by atoms with Gasteiger partial charge in [-0.1, -0.05) is 0 Å². The van der Waals surface area contributed by atoms with Gasteiger partial charge in [0.25, 0.3) is 5.91 Å². The first-order valence-corrected chi connectivity index (χ1v) is 4.93. The van der Waals surface area contributed by atoms with E-state index in [4.69, 9.17) is 5.73 Å². The van der Waals surface area contributed by atoms with Crippen molar-refractivity contribution in [2.75, 3.05) is 12.3 Å². The normalized spacial score (nSPS) is 11.5. The van der Waals surface area contributed by atoms with Gasteiger partial charge in [-0.3, -0.25) is 9.48 Å². The predicted octanol–water partition coefficient (Wildman–Crippen LogP) is 1.07. The molecule has 1 aromatic heterocycles. The van der Waals surface area contributed by atoms with Crippen molar-refractivity contribution < 1.29 is 18.0 Å². The molecule has 0 aromatic carbocycles. The maximum absolute atomic E-state index is 11.8. The lowest BCUT2D eigenvalue weighted by atomic mass is 10.3. The molecule has 0 bridgehead atoms. The van der Waals surface area contributed by atoms with E-state index in [9.17, 15) is 18.0 Å². The molecule has 0 aliphatic carbocycles. The molecule has 0 radical (unpaired) electrons. The molecule has 0 spiro atoms. The Morgan fingerprint density at radius 3 is 2.71 bits per heavy atom. The average molecular weight is 250 g/mol. The zero-order valence-corrected chi connectivity index (χ0v) is 9.21. The lowest BCUT2D eigenvalue weighted by molar-refractivity contribution is -0.135. The lowest BCUT2D eigenvalue weighted by Gasteiger charge is -2.06. The van der Waals surface area contributed by atoms with E-state index in [2.05, 4.69) is 10.4 Å². The van der Waals surface area contributed by atoms with Gasteiger partial charge in [0.2, 0.25) is 0 Å². The fourth-order valence-corrected chi connectivity index (χ4v) is 1.26. The molecule has 1 amide bonds. The van der Waals surface area contributed by atoms with Crippen LogP contribution in [0.15, 0.2) is 6.20 Å². The van der Waals surface area contributed by atoms with Crippen LogP contribution in [0.25, 0.3) is 0 Å². The van der Waals surface area contributed by atoms with E-state index in [0.29, 0.717) is 0 Å². The molecule has 8 heteroatoms. The van der Waals surface area contributed by atoms with E-state index in [1.807, 2.05) is 0 Å². The van der Waals surface area contributed by atoms with Gasteiger partial charge < -0.3 is 11.1 Å². The third-order valence-electron chi connectivity index (χ3n) is 1.99. The maximum atomic E-state index is 11.8. The minimum absolute atomic E-state index is 0.0273. The van der Waals surface area contributed by atoms with Crippen LogP contribution in [0.4, 0.5) is 18.9 Å². The molecule has 0 saturated heterocycles. The van der Waals surface area contributed by atoms with Gasteiger partial charge >= 0.3 is 6.18 Å². The molecule has 1 heterocycles. The van der Waals surface area contributed by atoms with E-state index in [-0.39, 0.29) is 24.3 Å². The van der Waals surface area contributed by atoms with Crippen molar-refractivity contribution in [2.24, 2.45) is 7.05 Å². The average Bonchev–Trinajstić information content (AvgIpc) is 2.51. The first-order chi connectivity index (χ1) is 7.79. The number of hydrogen-bond acceptors (Lipinski definition) is 3. The number of rotatable bonds is 4. The molecular weight excluding hydrogens is 237 g/mol. The first kappa shape index (κ1) is 13.3. The highest BCUT2D eigenvalue weighted by molar-refractivity contribution is 5.96. The van der Waals surface area contributed by atoms with Crippen LogP contribution in [-0.4, -0.2) is 28.4 Å². The van der Waals surface area contributed by atoms with Crippen LogP contribution < -0.4 is 11.1 Å². The Morgan fingerprint density at radius 1 is 1.59 bits per heavy atom. The molecule has 0 fully saturated rings. The molecule has 3 N–H and O–H groups in total. The molecule has 0 atom stereocenters. The summed E-state index contributed by atoms with van der Waals surface area (Å²) in [6.45, 7) is -0.0612. The summed E-state index contributed by atoms with van der Waals surface area (Å²) in [4.78, 5) is 11.5. The van der Waals surface area contributed by atoms with Gasteiger partial charge in [0.15, 0.2) is 5.69 Å². The van der Waals surface area contributed by atoms with Crippen molar-refractivity contribution in [3.8, 4) is 0 Å². The van der Waals surface area contributed by atoms with Gasteiger partial charge in [0.05, 0.1) is 5.69 Å². The largest absolute Gasteiger partial charge is 0.396 e. The Bertz CT molecular complexity index is 399. The number of hydrogen-bond donors (Lipinski definition) is 2. The smallest absolute Gasteiger partial charge is 0.389 e. The number of nitrogens with two attached hydrogens (primary N) is 1. The number of carbonyl (C=O) groups is 1. The van der Waals surface area contributed by atoms with Crippen LogP contribution in [0.2, 0.25) is 0 Å². The van der Waals surface area contributed by atoms with Crippen LogP contribution in [0.1, 0.15) is 23.3 Å². The number of nitrogens with zero attached hydrogens (tertiary/aromatic N) is 2. The lowest BCUT2D eigenvalue weighted by Crippen LogP contribution is -2.26. The van der Waals surface area contributed by atoms with Crippen molar-refractivity contribution in [1.29, 1.82) is 0 Å². The Labute approximate surface area is 95.8 Å². The van der Waals surface area contributed by atoms with Crippen molar-refractivity contribution in [1.82, 2.24) is 15.1 Å². The number of carbonyl (C=O) groups excluding carboxylic acids is 1. The Kier molecular flexibility index (Phi) is 3.97. The van der Waals surface area contributed by atoms with E-state index in [1.54, 1.807) is 7.05 Å². The third-order valence-corrected chi connectivity index (χ3v) is 1.99. The molecule has 17 heavy (non-hydrogen) atoms. The van der Waals surface area contributed by atoms with Crippen molar-refractivity contribution in [3.05, 3.63) is 11.9 Å². The fourth-order valence-electron chi connectivity index (χ4n) is 1.26. The van der Waals surface area contributed by atoms with Crippen LogP contribution in [0, 0.1) is 0 Å². The number of aryl methyl sites for hydroxylation is 1. The van der Waals surface area contributed by atoms with Gasteiger partial charge in [-0.25, -0.2) is 0 Å². The Morgan fingerprint density at radius 2 is 2.24 bits per heavy atom. The van der Waals surface area contributed by atoms with Gasteiger partial charge in [-0.05, 0) is 6.42 Å². The molecule has 1 rings (SSSR count). The van der Waals surface area contributed by atoms with E-state index >= 15 is 0 Å². The second kappa shape index (κ2) is 5.07. The van der Waals surface area contributed by atoms with Crippen LogP contribution >= 0.6 is 0 Å². The van der Waals surface area contributed by atoms with Gasteiger partial charge in [-0.15, -0.1) is 0 Å². The molecule has 96 valence electrons. The molecule has 0 aliphatic rings. The summed E-state index contributed by atoms with van der Waals surface area (Å²) in [7, 11) is 1.59. The van der Waals surface area contributed by atoms with Crippen LogP contribution in [-0.2, 0) is 7.05 Å². The summed E-state index contributed by atoms with van der Waals surface area (Å²) in [6, 6.07) is 0. The fraction of sp³-hybridized carbons (Fsp3) is 0.556. The zero-order chi connectivity index (χ0) is 13.1. The number of nitrogen functional groups attached to an aromatic ring is 1. The van der Waals surface area contributed by atoms with E-state index in [0.717, 1.165) is 0 Å². The summed E-state index contributed by atoms with van der Waals surface area (Å²) >= 11 is 0. The highest BCUT2D eigenvalue weighted by Gasteiger charge is 2.26. The van der Waals surface area contributed by atoms with Gasteiger partial charge in [0, 0.05) is 26.2 Å². The number of halogens is 3. The van der Waals surface area contributed by atoms with Crippen molar-refractivity contribution in [2.45, 2.75) is 19.0 Å². The summed E-state index contributed by atoms with van der Waals surface area (Å²) < 4.78 is 36.8. The van der Waals surface area contributed by atoms with Gasteiger partial charge in [-0.2, -0.15) is 18.3 Å². The molecule has 5 nitrogen and oxygen atoms in total. The quantitative estimate of drug-likeness (QED) is 0.785. The molecule has 0 saturated carbocycles. The van der Waals surface area contributed by atoms with Crippen LogP contribution in [0.5, 0.6) is 0 Å². The zero-order valence-electron chi connectivity index (χ0n) is 9.21. The number of nitrogens with one attached hydrogen (secondary N) is 1. The van der Waals surface area contributed by atoms with E-state index < -0.39 is 18.5 Å². The minimum Gasteiger partial charge on any atom is -0.396 e. The van der Waals surface area contributed by atoms with Crippen molar-refractivity contribution >= 4 is 11.6 Å². The SMILES string of the molecule is Cn1cc(N)c(C(=O)NCCCC(F)(F)F)n1. The predicted molar refractivity (Wildman–Crippen MR) is 55.2 cm³/mol. The highest BCUT2D eigenvalue weighted by Crippen LogP contribution is 2.20. The summed E-state index contributed by atoms with van der Waals surface area (Å²) in [5.74, 6) is -0.565. The number of amides is 1. The molecule has 1 aromatic rings. The summed E-state index contributed by atoms with van der Waals surface area (Å²) in [5.41, 5.74) is 5.71. The Hall–Kier alpha value is -1.73. The van der Waals surface area contributed by atoms with Crippen molar-refractivity contribution in [3.63, 3.8) is 0 Å². The number of anilines is 1. The second-order valence-electron chi connectivity index (χ2n) is 3.58. The summed E-state index contributed by atoms with van der Waals surface area (Å²) in [5, 5.41) is 6.13. The first-order valence-electron chi connectivity index (χ1n) is 4.93.